The second-order valence-electron chi connectivity index (χ2n) is 6.88. The van der Waals surface area contributed by atoms with Gasteiger partial charge in [-0.2, -0.15) is 0 Å². The molecule has 1 nitrogen and oxygen atoms in total. The largest absolute Gasteiger partial charge is 0.316 e. The molecule has 1 heteroatoms. The van der Waals surface area contributed by atoms with E-state index in [1.165, 1.54) is 57.2 Å². The van der Waals surface area contributed by atoms with Crippen LogP contribution in [0.5, 0.6) is 0 Å². The van der Waals surface area contributed by atoms with E-state index in [9.17, 15) is 0 Å². The van der Waals surface area contributed by atoms with E-state index >= 15 is 0 Å². The van der Waals surface area contributed by atoms with Gasteiger partial charge in [0.15, 0.2) is 0 Å². The van der Waals surface area contributed by atoms with Crippen LogP contribution >= 0.6 is 0 Å². The Hall–Kier alpha value is -0.820. The molecule has 1 aliphatic carbocycles. The highest BCUT2D eigenvalue weighted by Gasteiger charge is 2.26. The van der Waals surface area contributed by atoms with E-state index in [0.29, 0.717) is 0 Å². The third kappa shape index (κ3) is 5.28. The van der Waals surface area contributed by atoms with Gasteiger partial charge in [-0.3, -0.25) is 0 Å². The second-order valence-corrected chi connectivity index (χ2v) is 6.88. The predicted octanol–water partition coefficient (Wildman–Crippen LogP) is 4.67. The van der Waals surface area contributed by atoms with Crippen LogP contribution in [0.15, 0.2) is 30.3 Å². The minimum absolute atomic E-state index is 0.771. The molecule has 20 heavy (non-hydrogen) atoms. The third-order valence-electron chi connectivity index (χ3n) is 4.66. The first-order chi connectivity index (χ1) is 9.75. The number of nitrogens with one attached hydrogen (secondary N) is 1. The normalized spacial score (nSPS) is 22.6. The number of benzene rings is 1. The van der Waals surface area contributed by atoms with Crippen LogP contribution in [-0.4, -0.2) is 13.1 Å². The lowest BCUT2D eigenvalue weighted by atomic mass is 9.90. The van der Waals surface area contributed by atoms with E-state index in [1.54, 1.807) is 0 Å². The molecule has 0 amide bonds. The van der Waals surface area contributed by atoms with E-state index in [0.717, 1.165) is 17.8 Å². The van der Waals surface area contributed by atoms with Crippen molar-refractivity contribution in [1.82, 2.24) is 5.32 Å². The molecule has 1 fully saturated rings. The molecule has 1 saturated carbocycles. The fraction of sp³-hybridized carbons (Fsp3) is 0.684. The van der Waals surface area contributed by atoms with Gasteiger partial charge in [0.05, 0.1) is 0 Å². The smallest absolute Gasteiger partial charge is 0.00178 e. The Morgan fingerprint density at radius 3 is 2.60 bits per heavy atom. The van der Waals surface area contributed by atoms with Crippen LogP contribution in [0.2, 0.25) is 0 Å². The van der Waals surface area contributed by atoms with Gasteiger partial charge < -0.3 is 5.32 Å². The highest BCUT2D eigenvalue weighted by atomic mass is 14.9. The molecule has 0 saturated heterocycles. The Morgan fingerprint density at radius 1 is 1.10 bits per heavy atom. The summed E-state index contributed by atoms with van der Waals surface area (Å²) in [5, 5.41) is 3.66. The summed E-state index contributed by atoms with van der Waals surface area (Å²) in [7, 11) is 0. The van der Waals surface area contributed by atoms with Crippen LogP contribution in [-0.2, 0) is 6.42 Å². The Bertz CT molecular complexity index is 357. The Morgan fingerprint density at radius 2 is 1.85 bits per heavy atom. The number of hydrogen-bond donors (Lipinski definition) is 1. The van der Waals surface area contributed by atoms with Gasteiger partial charge in [-0.05, 0) is 62.1 Å². The van der Waals surface area contributed by atoms with Gasteiger partial charge >= 0.3 is 0 Å². The maximum Gasteiger partial charge on any atom is -0.00178 e. The molecule has 2 atom stereocenters. The molecule has 0 radical (unpaired) electrons. The van der Waals surface area contributed by atoms with Gasteiger partial charge in [-0.1, -0.05) is 57.0 Å². The van der Waals surface area contributed by atoms with Crippen molar-refractivity contribution in [3.63, 3.8) is 0 Å². The molecule has 112 valence electrons. The first kappa shape index (κ1) is 15.6. The minimum Gasteiger partial charge on any atom is -0.316 e. The maximum atomic E-state index is 3.66. The molecular formula is C19H31N. The maximum absolute atomic E-state index is 3.66. The van der Waals surface area contributed by atoms with Crippen molar-refractivity contribution in [1.29, 1.82) is 0 Å². The van der Waals surface area contributed by atoms with E-state index in [1.807, 2.05) is 0 Å². The molecule has 0 heterocycles. The predicted molar refractivity (Wildman–Crippen MR) is 87.9 cm³/mol. The molecule has 0 aliphatic heterocycles. The van der Waals surface area contributed by atoms with E-state index in [4.69, 9.17) is 0 Å². The standard InChI is InChI=1S/C19H31N/c1-16(2)14-20-15-19-13-7-12-18(19)11-6-10-17-8-4-3-5-9-17/h3-5,8-9,16,18-20H,6-7,10-15H2,1-2H3. The minimum atomic E-state index is 0.771. The zero-order valence-corrected chi connectivity index (χ0v) is 13.3. The second kappa shape index (κ2) is 8.46. The highest BCUT2D eigenvalue weighted by molar-refractivity contribution is 5.14. The highest BCUT2D eigenvalue weighted by Crippen LogP contribution is 2.34. The van der Waals surface area contributed by atoms with Crippen LogP contribution in [0, 0.1) is 17.8 Å². The van der Waals surface area contributed by atoms with Crippen LogP contribution < -0.4 is 5.32 Å². The van der Waals surface area contributed by atoms with Gasteiger partial charge in [-0.25, -0.2) is 0 Å². The summed E-state index contributed by atoms with van der Waals surface area (Å²) < 4.78 is 0. The summed E-state index contributed by atoms with van der Waals surface area (Å²) in [5.74, 6) is 2.68. The van der Waals surface area contributed by atoms with Crippen LogP contribution in [0.3, 0.4) is 0 Å². The molecular weight excluding hydrogens is 242 g/mol. The van der Waals surface area contributed by atoms with Crippen molar-refractivity contribution in [3.8, 4) is 0 Å². The molecule has 1 N–H and O–H groups in total. The fourth-order valence-corrected chi connectivity index (χ4v) is 3.53. The monoisotopic (exact) mass is 273 g/mol. The number of hydrogen-bond acceptors (Lipinski definition) is 1. The van der Waals surface area contributed by atoms with E-state index in [-0.39, 0.29) is 0 Å². The molecule has 0 spiro atoms. The summed E-state index contributed by atoms with van der Waals surface area (Å²) in [4.78, 5) is 0. The first-order valence-electron chi connectivity index (χ1n) is 8.50. The molecule has 2 unspecified atom stereocenters. The lowest BCUT2D eigenvalue weighted by molar-refractivity contribution is 0.335. The topological polar surface area (TPSA) is 12.0 Å². The Labute approximate surface area is 125 Å². The summed E-state index contributed by atoms with van der Waals surface area (Å²) in [6, 6.07) is 10.9. The van der Waals surface area contributed by atoms with Crippen LogP contribution in [0.4, 0.5) is 0 Å². The SMILES string of the molecule is CC(C)CNCC1CCCC1CCCc1ccccc1. The Kier molecular flexibility index (Phi) is 6.59. The lowest BCUT2D eigenvalue weighted by Crippen LogP contribution is -2.28. The summed E-state index contributed by atoms with van der Waals surface area (Å²) in [5.41, 5.74) is 1.50. The lowest BCUT2D eigenvalue weighted by Gasteiger charge is -2.20. The summed E-state index contributed by atoms with van der Waals surface area (Å²) >= 11 is 0. The molecule has 2 rings (SSSR count). The van der Waals surface area contributed by atoms with Crippen molar-refractivity contribution in [2.24, 2.45) is 17.8 Å². The summed E-state index contributed by atoms with van der Waals surface area (Å²) in [6.45, 7) is 7.00. The fourth-order valence-electron chi connectivity index (χ4n) is 3.53. The molecule has 1 aromatic carbocycles. The van der Waals surface area contributed by atoms with Gasteiger partial charge in [0.25, 0.3) is 0 Å². The summed E-state index contributed by atoms with van der Waals surface area (Å²) in [6.07, 6.45) is 8.38. The van der Waals surface area contributed by atoms with Crippen molar-refractivity contribution >= 4 is 0 Å². The zero-order valence-electron chi connectivity index (χ0n) is 13.3. The third-order valence-corrected chi connectivity index (χ3v) is 4.66. The molecule has 0 bridgehead atoms. The Balaban J connectivity index is 1.66. The van der Waals surface area contributed by atoms with Crippen molar-refractivity contribution in [3.05, 3.63) is 35.9 Å². The zero-order chi connectivity index (χ0) is 14.2. The quantitative estimate of drug-likeness (QED) is 0.725. The average Bonchev–Trinajstić information content (AvgIpc) is 2.87. The van der Waals surface area contributed by atoms with E-state index < -0.39 is 0 Å². The van der Waals surface area contributed by atoms with Crippen LogP contribution in [0.25, 0.3) is 0 Å². The van der Waals surface area contributed by atoms with Crippen molar-refractivity contribution in [2.75, 3.05) is 13.1 Å². The first-order valence-corrected chi connectivity index (χ1v) is 8.50. The molecule has 0 aromatic heterocycles. The van der Waals surface area contributed by atoms with Gasteiger partial charge in [0.2, 0.25) is 0 Å². The van der Waals surface area contributed by atoms with Crippen LogP contribution in [0.1, 0.15) is 51.5 Å². The van der Waals surface area contributed by atoms with Gasteiger partial charge in [-0.15, -0.1) is 0 Å². The average molecular weight is 273 g/mol. The molecule has 1 aliphatic rings. The molecule has 1 aromatic rings. The number of aryl methyl sites for hydroxylation is 1. The van der Waals surface area contributed by atoms with Gasteiger partial charge in [0.1, 0.15) is 0 Å². The van der Waals surface area contributed by atoms with Crippen molar-refractivity contribution < 1.29 is 0 Å². The van der Waals surface area contributed by atoms with Gasteiger partial charge in [0, 0.05) is 0 Å². The van der Waals surface area contributed by atoms with Crippen molar-refractivity contribution in [2.45, 2.75) is 52.4 Å². The van der Waals surface area contributed by atoms with E-state index in [2.05, 4.69) is 49.5 Å². The number of rotatable bonds is 8.